The molecule has 0 unspecified atom stereocenters. The van der Waals surface area contributed by atoms with E-state index in [4.69, 9.17) is 12.2 Å². The minimum absolute atomic E-state index is 0.648. The molecule has 2 aromatic rings. The van der Waals surface area contributed by atoms with E-state index in [1.165, 1.54) is 22.3 Å². The Hall–Kier alpha value is -1.87. The summed E-state index contributed by atoms with van der Waals surface area (Å²) in [6, 6.07) is 14.7. The lowest BCUT2D eigenvalue weighted by molar-refractivity contribution is 0.924. The van der Waals surface area contributed by atoms with E-state index in [-0.39, 0.29) is 0 Å². The first-order valence-electron chi connectivity index (χ1n) is 6.72. The average molecular weight is 284 g/mol. The standard InChI is InChI=1S/C17H20N2S/c1-12-5-4-6-15(9-12)11-18-17(20)19-16-8-7-13(2)14(3)10-16/h4-10H,11H2,1-3H3,(H2,18,19,20). The second-order valence-corrected chi connectivity index (χ2v) is 5.50. The number of benzene rings is 2. The number of aryl methyl sites for hydroxylation is 3. The van der Waals surface area contributed by atoms with Crippen molar-refractivity contribution in [3.63, 3.8) is 0 Å². The van der Waals surface area contributed by atoms with Crippen molar-refractivity contribution in [1.29, 1.82) is 0 Å². The van der Waals surface area contributed by atoms with Crippen molar-refractivity contribution in [2.75, 3.05) is 5.32 Å². The summed E-state index contributed by atoms with van der Waals surface area (Å²) >= 11 is 5.32. The van der Waals surface area contributed by atoms with Crippen molar-refractivity contribution in [2.45, 2.75) is 27.3 Å². The minimum Gasteiger partial charge on any atom is -0.358 e. The summed E-state index contributed by atoms with van der Waals surface area (Å²) in [6.07, 6.45) is 0. The van der Waals surface area contributed by atoms with E-state index in [2.05, 4.69) is 67.8 Å². The van der Waals surface area contributed by atoms with Gasteiger partial charge in [-0.05, 0) is 61.8 Å². The molecular weight excluding hydrogens is 264 g/mol. The molecule has 2 nitrogen and oxygen atoms in total. The van der Waals surface area contributed by atoms with E-state index in [0.717, 1.165) is 12.2 Å². The van der Waals surface area contributed by atoms with Crippen LogP contribution in [0.4, 0.5) is 5.69 Å². The van der Waals surface area contributed by atoms with Crippen molar-refractivity contribution in [1.82, 2.24) is 5.32 Å². The Bertz CT molecular complexity index is 620. The Morgan fingerprint density at radius 3 is 2.50 bits per heavy atom. The van der Waals surface area contributed by atoms with Crippen LogP contribution in [0, 0.1) is 20.8 Å². The van der Waals surface area contributed by atoms with Crippen LogP contribution in [0.25, 0.3) is 0 Å². The molecule has 2 aromatic carbocycles. The van der Waals surface area contributed by atoms with Crippen molar-refractivity contribution in [3.8, 4) is 0 Å². The van der Waals surface area contributed by atoms with Gasteiger partial charge in [0.2, 0.25) is 0 Å². The fourth-order valence-corrected chi connectivity index (χ4v) is 2.19. The summed E-state index contributed by atoms with van der Waals surface area (Å²) in [4.78, 5) is 0. The van der Waals surface area contributed by atoms with Crippen LogP contribution in [0.1, 0.15) is 22.3 Å². The largest absolute Gasteiger partial charge is 0.358 e. The van der Waals surface area contributed by atoms with Crippen LogP contribution in [-0.2, 0) is 6.54 Å². The maximum Gasteiger partial charge on any atom is 0.171 e. The zero-order chi connectivity index (χ0) is 14.5. The number of rotatable bonds is 3. The molecule has 2 rings (SSSR count). The Labute approximate surface area is 126 Å². The maximum absolute atomic E-state index is 5.32. The predicted molar refractivity (Wildman–Crippen MR) is 90.2 cm³/mol. The quantitative estimate of drug-likeness (QED) is 0.830. The fourth-order valence-electron chi connectivity index (χ4n) is 2.00. The molecule has 0 amide bonds. The van der Waals surface area contributed by atoms with Gasteiger partial charge in [0.15, 0.2) is 5.11 Å². The first kappa shape index (κ1) is 14.5. The molecule has 0 aliphatic heterocycles. The predicted octanol–water partition coefficient (Wildman–Crippen LogP) is 4.10. The molecule has 0 saturated heterocycles. The Morgan fingerprint density at radius 1 is 1.00 bits per heavy atom. The Kier molecular flexibility index (Phi) is 4.74. The Balaban J connectivity index is 1.91. The van der Waals surface area contributed by atoms with Gasteiger partial charge in [-0.2, -0.15) is 0 Å². The summed E-state index contributed by atoms with van der Waals surface area (Å²) in [5.41, 5.74) is 6.06. The minimum atomic E-state index is 0.648. The molecule has 0 bridgehead atoms. The van der Waals surface area contributed by atoms with Gasteiger partial charge in [-0.3, -0.25) is 0 Å². The van der Waals surface area contributed by atoms with Gasteiger partial charge in [0.25, 0.3) is 0 Å². The monoisotopic (exact) mass is 284 g/mol. The third kappa shape index (κ3) is 4.07. The molecule has 2 N–H and O–H groups in total. The topological polar surface area (TPSA) is 24.1 Å². The van der Waals surface area contributed by atoms with Crippen LogP contribution in [-0.4, -0.2) is 5.11 Å². The third-order valence-corrected chi connectivity index (χ3v) is 3.55. The van der Waals surface area contributed by atoms with E-state index in [0.29, 0.717) is 5.11 Å². The van der Waals surface area contributed by atoms with Gasteiger partial charge < -0.3 is 10.6 Å². The number of hydrogen-bond donors (Lipinski definition) is 2. The molecule has 0 aromatic heterocycles. The van der Waals surface area contributed by atoms with E-state index < -0.39 is 0 Å². The Morgan fingerprint density at radius 2 is 1.80 bits per heavy atom. The molecule has 0 aliphatic rings. The molecule has 0 spiro atoms. The molecule has 0 saturated carbocycles. The first-order chi connectivity index (χ1) is 9.54. The normalized spacial score (nSPS) is 10.2. The number of nitrogens with one attached hydrogen (secondary N) is 2. The van der Waals surface area contributed by atoms with Gasteiger partial charge in [0.05, 0.1) is 0 Å². The second-order valence-electron chi connectivity index (χ2n) is 5.10. The van der Waals surface area contributed by atoms with Crippen molar-refractivity contribution >= 4 is 23.0 Å². The molecule has 0 atom stereocenters. The molecule has 104 valence electrons. The third-order valence-electron chi connectivity index (χ3n) is 3.30. The molecule has 0 aliphatic carbocycles. The molecule has 20 heavy (non-hydrogen) atoms. The highest BCUT2D eigenvalue weighted by atomic mass is 32.1. The van der Waals surface area contributed by atoms with Gasteiger partial charge in [0.1, 0.15) is 0 Å². The first-order valence-corrected chi connectivity index (χ1v) is 7.13. The van der Waals surface area contributed by atoms with Gasteiger partial charge in [-0.15, -0.1) is 0 Å². The summed E-state index contributed by atoms with van der Waals surface area (Å²) in [5, 5.41) is 7.09. The van der Waals surface area contributed by atoms with E-state index >= 15 is 0 Å². The lowest BCUT2D eigenvalue weighted by Gasteiger charge is -2.12. The molecule has 0 heterocycles. The number of thiocarbonyl (C=S) groups is 1. The highest BCUT2D eigenvalue weighted by Crippen LogP contribution is 2.14. The highest BCUT2D eigenvalue weighted by Gasteiger charge is 2.00. The van der Waals surface area contributed by atoms with Crippen LogP contribution in [0.3, 0.4) is 0 Å². The smallest absolute Gasteiger partial charge is 0.171 e. The van der Waals surface area contributed by atoms with Crippen molar-refractivity contribution in [2.24, 2.45) is 0 Å². The SMILES string of the molecule is Cc1cccc(CNC(=S)Nc2ccc(C)c(C)c2)c1. The zero-order valence-corrected chi connectivity index (χ0v) is 13.0. The van der Waals surface area contributed by atoms with Gasteiger partial charge >= 0.3 is 0 Å². The summed E-state index contributed by atoms with van der Waals surface area (Å²) < 4.78 is 0. The van der Waals surface area contributed by atoms with Gasteiger partial charge in [-0.1, -0.05) is 35.9 Å². The van der Waals surface area contributed by atoms with Gasteiger partial charge in [-0.25, -0.2) is 0 Å². The van der Waals surface area contributed by atoms with Crippen molar-refractivity contribution in [3.05, 3.63) is 64.7 Å². The average Bonchev–Trinajstić information content (AvgIpc) is 2.41. The number of hydrogen-bond acceptors (Lipinski definition) is 1. The molecule has 3 heteroatoms. The molecule has 0 radical (unpaired) electrons. The van der Waals surface area contributed by atoms with Crippen LogP contribution in [0.5, 0.6) is 0 Å². The second kappa shape index (κ2) is 6.53. The zero-order valence-electron chi connectivity index (χ0n) is 12.2. The highest BCUT2D eigenvalue weighted by molar-refractivity contribution is 7.80. The van der Waals surface area contributed by atoms with E-state index in [1.807, 2.05) is 6.07 Å². The summed E-state index contributed by atoms with van der Waals surface area (Å²) in [5.74, 6) is 0. The van der Waals surface area contributed by atoms with E-state index in [1.54, 1.807) is 0 Å². The van der Waals surface area contributed by atoms with Crippen LogP contribution >= 0.6 is 12.2 Å². The lowest BCUT2D eigenvalue weighted by Crippen LogP contribution is -2.27. The maximum atomic E-state index is 5.32. The summed E-state index contributed by atoms with van der Waals surface area (Å²) in [6.45, 7) is 7.03. The van der Waals surface area contributed by atoms with Crippen molar-refractivity contribution < 1.29 is 0 Å². The van der Waals surface area contributed by atoms with Crippen LogP contribution < -0.4 is 10.6 Å². The fraction of sp³-hybridized carbons (Fsp3) is 0.235. The van der Waals surface area contributed by atoms with Crippen LogP contribution in [0.15, 0.2) is 42.5 Å². The van der Waals surface area contributed by atoms with E-state index in [9.17, 15) is 0 Å². The molecular formula is C17H20N2S. The van der Waals surface area contributed by atoms with Gasteiger partial charge in [0, 0.05) is 12.2 Å². The lowest BCUT2D eigenvalue weighted by atomic mass is 10.1. The molecule has 0 fully saturated rings. The number of anilines is 1. The summed E-state index contributed by atoms with van der Waals surface area (Å²) in [7, 11) is 0. The van der Waals surface area contributed by atoms with Crippen LogP contribution in [0.2, 0.25) is 0 Å².